The second-order valence-corrected chi connectivity index (χ2v) is 11.4. The molecule has 3 aliphatic rings. The summed E-state index contributed by atoms with van der Waals surface area (Å²) in [5.74, 6) is -6.03. The Morgan fingerprint density at radius 3 is 2.13 bits per heavy atom. The van der Waals surface area contributed by atoms with Gasteiger partial charge in [0.1, 0.15) is 41.1 Å². The van der Waals surface area contributed by atoms with E-state index in [-0.39, 0.29) is 27.6 Å². The second kappa shape index (κ2) is 12.2. The molecule has 3 N–H and O–H groups in total. The first-order valence-electron chi connectivity index (χ1n) is 14.4. The molecule has 0 aromatic heterocycles. The number of esters is 1. The van der Waals surface area contributed by atoms with E-state index < -0.39 is 94.0 Å². The number of aryl methyl sites for hydroxylation is 1. The van der Waals surface area contributed by atoms with Crippen molar-refractivity contribution in [2.45, 2.75) is 61.9 Å². The average Bonchev–Trinajstić information content (AvgIpc) is 3.04. The first-order chi connectivity index (χ1) is 22.2. The fraction of sp³-hybridized carbons (Fsp3) is 0.500. The summed E-state index contributed by atoms with van der Waals surface area (Å²) >= 11 is 0. The smallest absolute Gasteiger partial charge is 0.341 e. The van der Waals surface area contributed by atoms with E-state index in [1.807, 2.05) is 0 Å². The fourth-order valence-electron chi connectivity index (χ4n) is 6.98. The van der Waals surface area contributed by atoms with E-state index in [9.17, 15) is 34.5 Å². The Balaban J connectivity index is 1.75. The van der Waals surface area contributed by atoms with Crippen LogP contribution in [0, 0.1) is 6.92 Å². The van der Waals surface area contributed by atoms with Crippen LogP contribution in [-0.4, -0.2) is 129 Å². The molecular weight excluding hydrogens is 624 g/mol. The Kier molecular flexibility index (Phi) is 8.96. The van der Waals surface area contributed by atoms with Crippen LogP contribution in [0.4, 0.5) is 0 Å². The highest BCUT2D eigenvalue weighted by Crippen LogP contribution is 2.50. The number of methoxy groups -OCH3 is 6. The first kappa shape index (κ1) is 34.4. The van der Waals surface area contributed by atoms with Gasteiger partial charge >= 0.3 is 5.97 Å². The minimum Gasteiger partial charge on any atom is -0.507 e. The number of rotatable bonds is 8. The molecule has 2 aromatic carbocycles. The molecule has 15 nitrogen and oxygen atoms in total. The van der Waals surface area contributed by atoms with Crippen LogP contribution >= 0.6 is 0 Å². The molecule has 0 amide bonds. The summed E-state index contributed by atoms with van der Waals surface area (Å²) in [5, 5.41) is 34.5. The number of Topliss-reactive ketones (excluding diaryl/α,β-unsaturated/α-hetero) is 2. The average molecular weight is 661 g/mol. The maximum Gasteiger partial charge on any atom is 0.341 e. The van der Waals surface area contributed by atoms with E-state index >= 15 is 0 Å². The van der Waals surface area contributed by atoms with Gasteiger partial charge in [-0.2, -0.15) is 0 Å². The van der Waals surface area contributed by atoms with Crippen molar-refractivity contribution in [2.24, 2.45) is 0 Å². The summed E-state index contributed by atoms with van der Waals surface area (Å²) in [6.45, 7) is 3.19. The molecule has 0 saturated carbocycles. The highest BCUT2D eigenvalue weighted by atomic mass is 16.7. The molecule has 0 spiro atoms. The molecule has 254 valence electrons. The molecule has 5 rings (SSSR count). The lowest BCUT2D eigenvalue weighted by Gasteiger charge is -2.49. The number of carbonyl (C=O) groups excluding carboxylic acids is 4. The van der Waals surface area contributed by atoms with E-state index in [1.54, 1.807) is 6.92 Å². The summed E-state index contributed by atoms with van der Waals surface area (Å²) in [6.07, 6.45) is -5.21. The van der Waals surface area contributed by atoms with E-state index in [0.717, 1.165) is 27.4 Å². The molecule has 1 fully saturated rings. The first-order valence-corrected chi connectivity index (χ1v) is 14.4. The number of phenols is 1. The van der Waals surface area contributed by atoms with Crippen LogP contribution in [-0.2, 0) is 38.0 Å². The predicted molar refractivity (Wildman–Crippen MR) is 158 cm³/mol. The van der Waals surface area contributed by atoms with E-state index in [4.69, 9.17) is 37.9 Å². The number of aliphatic hydroxyl groups is 2. The Morgan fingerprint density at radius 2 is 1.57 bits per heavy atom. The maximum atomic E-state index is 14.1. The lowest BCUT2D eigenvalue weighted by Crippen LogP contribution is -2.77. The van der Waals surface area contributed by atoms with Crippen LogP contribution < -0.4 is 4.74 Å². The summed E-state index contributed by atoms with van der Waals surface area (Å²) in [4.78, 5) is 54.8. The molecule has 15 heteroatoms. The van der Waals surface area contributed by atoms with Crippen LogP contribution in [0.25, 0.3) is 10.8 Å². The standard InChI is InChI=1S/C32H36O15/c1-12-19-14(10-16(20(12)29(38)44-7)47-30-25(43-6)24(42-5)23(41-4)13(2)46-30)9-15-21(22(19)34)28(37)32(45-8)18(33)11-17(40-3)27(36)31(32,39)26(15)35/h9-11,13,23-25,27,30,34,36,39H,1-8H3/t13-,23-,24+,25+,27-,30-,31-,32?/m1/s1. The van der Waals surface area contributed by atoms with Gasteiger partial charge in [-0.25, -0.2) is 4.79 Å². The van der Waals surface area contributed by atoms with Crippen molar-refractivity contribution in [2.75, 3.05) is 42.7 Å². The number of aliphatic hydroxyl groups excluding tert-OH is 1. The number of hydrogen-bond acceptors (Lipinski definition) is 15. The summed E-state index contributed by atoms with van der Waals surface area (Å²) in [7, 11) is 7.52. The normalized spacial score (nSPS) is 32.0. The largest absolute Gasteiger partial charge is 0.507 e. The van der Waals surface area contributed by atoms with E-state index in [0.29, 0.717) is 0 Å². The number of ether oxygens (including phenoxy) is 8. The molecule has 1 unspecified atom stereocenters. The van der Waals surface area contributed by atoms with Crippen molar-refractivity contribution in [3.63, 3.8) is 0 Å². The van der Waals surface area contributed by atoms with E-state index in [2.05, 4.69) is 0 Å². The van der Waals surface area contributed by atoms with Gasteiger partial charge in [-0.15, -0.1) is 0 Å². The van der Waals surface area contributed by atoms with Crippen molar-refractivity contribution < 1.29 is 72.4 Å². The molecule has 0 radical (unpaired) electrons. The zero-order valence-corrected chi connectivity index (χ0v) is 26.9. The molecule has 47 heavy (non-hydrogen) atoms. The Labute approximate surface area is 268 Å². The van der Waals surface area contributed by atoms with Gasteiger partial charge in [0.25, 0.3) is 0 Å². The second-order valence-electron chi connectivity index (χ2n) is 11.4. The fourth-order valence-corrected chi connectivity index (χ4v) is 6.98. The highest BCUT2D eigenvalue weighted by Gasteiger charge is 2.74. The van der Waals surface area contributed by atoms with Crippen molar-refractivity contribution in [3.05, 3.63) is 46.2 Å². The van der Waals surface area contributed by atoms with Crippen LogP contribution in [0.15, 0.2) is 24.0 Å². The number of hydrogen-bond donors (Lipinski definition) is 3. The monoisotopic (exact) mass is 660 g/mol. The number of carbonyl (C=O) groups is 4. The minimum atomic E-state index is -3.17. The Bertz CT molecular complexity index is 1700. The van der Waals surface area contributed by atoms with Gasteiger partial charge in [0, 0.05) is 45.5 Å². The van der Waals surface area contributed by atoms with Gasteiger partial charge < -0.3 is 53.2 Å². The molecule has 1 heterocycles. The van der Waals surface area contributed by atoms with Gasteiger partial charge in [0.2, 0.25) is 34.8 Å². The van der Waals surface area contributed by atoms with Crippen molar-refractivity contribution in [1.29, 1.82) is 0 Å². The lowest BCUT2D eigenvalue weighted by atomic mass is 9.60. The van der Waals surface area contributed by atoms with Crippen LogP contribution in [0.2, 0.25) is 0 Å². The Morgan fingerprint density at radius 1 is 0.936 bits per heavy atom. The van der Waals surface area contributed by atoms with Crippen molar-refractivity contribution in [1.82, 2.24) is 0 Å². The highest BCUT2D eigenvalue weighted by molar-refractivity contribution is 6.35. The number of fused-ring (bicyclic) bond motifs is 3. The van der Waals surface area contributed by atoms with Crippen LogP contribution in [0.1, 0.15) is 43.6 Å². The SMILES string of the molecule is COC(=O)c1c(O[C@H]2O[C@H](C)[C@@H](OC)[C@H](OC)[C@@H]2OC)cc2cc3c(c(O)c2c1C)C(=O)C1(OC)C(=O)C=C(OC)[C@@H](O)[C@]1(O)C3=O. The molecule has 1 saturated heterocycles. The maximum absolute atomic E-state index is 14.1. The van der Waals surface area contributed by atoms with Gasteiger partial charge in [-0.3, -0.25) is 14.4 Å². The topological polar surface area (TPSA) is 203 Å². The molecular formula is C32H36O15. The summed E-state index contributed by atoms with van der Waals surface area (Å²) < 4.78 is 44.4. The van der Waals surface area contributed by atoms with Crippen LogP contribution in [0.5, 0.6) is 11.5 Å². The lowest BCUT2D eigenvalue weighted by molar-refractivity contribution is -0.282. The third kappa shape index (κ3) is 4.53. The third-order valence-electron chi connectivity index (χ3n) is 9.29. The van der Waals surface area contributed by atoms with Crippen molar-refractivity contribution in [3.8, 4) is 11.5 Å². The van der Waals surface area contributed by atoms with Gasteiger partial charge in [-0.05, 0) is 36.9 Å². The third-order valence-corrected chi connectivity index (χ3v) is 9.29. The predicted octanol–water partition coefficient (Wildman–Crippen LogP) is 0.778. The quantitative estimate of drug-likeness (QED) is 0.265. The molecule has 8 atom stereocenters. The van der Waals surface area contributed by atoms with Gasteiger partial charge in [0.15, 0.2) is 6.10 Å². The van der Waals surface area contributed by atoms with E-state index in [1.165, 1.54) is 40.4 Å². The molecule has 2 aliphatic carbocycles. The zero-order chi connectivity index (χ0) is 34.7. The van der Waals surface area contributed by atoms with Crippen molar-refractivity contribution >= 4 is 34.1 Å². The number of phenolic OH excluding ortho intramolecular Hbond substituents is 1. The Hall–Kier alpha value is -3.96. The molecule has 1 aliphatic heterocycles. The minimum absolute atomic E-state index is 0.0679. The molecule has 0 bridgehead atoms. The van der Waals surface area contributed by atoms with Gasteiger partial charge in [-0.1, -0.05) is 0 Å². The number of aromatic hydroxyl groups is 1. The number of ketones is 3. The number of benzene rings is 2. The summed E-state index contributed by atoms with van der Waals surface area (Å²) in [5.41, 5.74) is -7.41. The molecule has 2 aromatic rings. The summed E-state index contributed by atoms with van der Waals surface area (Å²) in [6, 6.07) is 2.48. The zero-order valence-electron chi connectivity index (χ0n) is 26.9. The van der Waals surface area contributed by atoms with Gasteiger partial charge in [0.05, 0.1) is 25.9 Å². The van der Waals surface area contributed by atoms with Crippen LogP contribution in [0.3, 0.4) is 0 Å².